The summed E-state index contributed by atoms with van der Waals surface area (Å²) in [4.78, 5) is 12.2. The minimum absolute atomic E-state index is 0.00867. The summed E-state index contributed by atoms with van der Waals surface area (Å²) in [6.45, 7) is 4.03. The second kappa shape index (κ2) is 8.41. The molecule has 0 spiro atoms. The molecule has 0 unspecified atom stereocenters. The Bertz CT molecular complexity index is 492. The van der Waals surface area contributed by atoms with E-state index in [0.29, 0.717) is 32.6 Å². The van der Waals surface area contributed by atoms with Crippen LogP contribution in [0.15, 0.2) is 24.3 Å². The number of nitrogens with one attached hydrogen (secondary N) is 1. The van der Waals surface area contributed by atoms with Crippen LogP contribution < -0.4 is 5.32 Å². The van der Waals surface area contributed by atoms with Gasteiger partial charge in [-0.05, 0) is 48.3 Å². The van der Waals surface area contributed by atoms with Gasteiger partial charge < -0.3 is 15.2 Å². The summed E-state index contributed by atoms with van der Waals surface area (Å²) < 4.78 is 18.3. The number of carbonyl (C=O) groups is 1. The Labute approximate surface area is 137 Å². The van der Waals surface area contributed by atoms with Crippen LogP contribution in [0.2, 0.25) is 0 Å². The van der Waals surface area contributed by atoms with Crippen molar-refractivity contribution >= 4 is 5.91 Å². The minimum atomic E-state index is -0.268. The average molecular weight is 323 g/mol. The van der Waals surface area contributed by atoms with Crippen molar-refractivity contribution < 1.29 is 19.0 Å². The van der Waals surface area contributed by atoms with Crippen molar-refractivity contribution in [3.63, 3.8) is 0 Å². The van der Waals surface area contributed by atoms with Crippen LogP contribution in [0.3, 0.4) is 0 Å². The number of hydrogen-bond donors (Lipinski definition) is 2. The highest BCUT2D eigenvalue weighted by Crippen LogP contribution is 2.33. The Morgan fingerprint density at radius 1 is 1.35 bits per heavy atom. The highest BCUT2D eigenvalue weighted by Gasteiger charge is 2.32. The minimum Gasteiger partial charge on any atom is -0.396 e. The van der Waals surface area contributed by atoms with Gasteiger partial charge in [0, 0.05) is 32.8 Å². The van der Waals surface area contributed by atoms with Crippen molar-refractivity contribution in [1.29, 1.82) is 0 Å². The number of halogens is 1. The van der Waals surface area contributed by atoms with Crippen LogP contribution in [0.5, 0.6) is 0 Å². The Balaban J connectivity index is 1.84. The van der Waals surface area contributed by atoms with Crippen molar-refractivity contribution in [2.45, 2.75) is 38.5 Å². The second-order valence-electron chi connectivity index (χ2n) is 6.52. The van der Waals surface area contributed by atoms with E-state index in [9.17, 15) is 14.3 Å². The summed E-state index contributed by atoms with van der Waals surface area (Å²) in [5.41, 5.74) is 0.902. The van der Waals surface area contributed by atoms with Crippen LogP contribution in [-0.4, -0.2) is 37.4 Å². The van der Waals surface area contributed by atoms with Gasteiger partial charge in [-0.15, -0.1) is 0 Å². The molecule has 1 aliphatic heterocycles. The monoisotopic (exact) mass is 323 g/mol. The molecule has 2 rings (SSSR count). The molecule has 0 bridgehead atoms. The molecule has 128 valence electrons. The fourth-order valence-corrected chi connectivity index (χ4v) is 3.10. The van der Waals surface area contributed by atoms with Gasteiger partial charge in [0.1, 0.15) is 5.82 Å². The van der Waals surface area contributed by atoms with Gasteiger partial charge in [-0.3, -0.25) is 4.79 Å². The molecule has 0 saturated carbocycles. The van der Waals surface area contributed by atoms with Crippen molar-refractivity contribution in [2.75, 3.05) is 26.4 Å². The van der Waals surface area contributed by atoms with E-state index in [0.717, 1.165) is 18.4 Å². The molecule has 2 N–H and O–H groups in total. The van der Waals surface area contributed by atoms with E-state index in [1.54, 1.807) is 12.1 Å². The van der Waals surface area contributed by atoms with Gasteiger partial charge in [0.2, 0.25) is 5.91 Å². The number of rotatable bonds is 7. The number of aliphatic hydroxyl groups excluding tert-OH is 1. The lowest BCUT2D eigenvalue weighted by Gasteiger charge is -2.37. The first-order valence-electron chi connectivity index (χ1n) is 8.25. The Kier molecular flexibility index (Phi) is 6.54. The molecule has 23 heavy (non-hydrogen) atoms. The smallest absolute Gasteiger partial charge is 0.220 e. The standard InChI is InChI=1S/C18H26FNO3/c1-14(15-2-4-16(19)5-3-15)12-17(22)20-13-18(6-9-21)7-10-23-11-8-18/h2-5,14,21H,6-13H2,1H3,(H,20,22)/t14-/m1/s1. The van der Waals surface area contributed by atoms with Gasteiger partial charge in [-0.1, -0.05) is 19.1 Å². The number of aliphatic hydroxyl groups is 1. The second-order valence-corrected chi connectivity index (χ2v) is 6.52. The third kappa shape index (κ3) is 5.29. The third-order valence-corrected chi connectivity index (χ3v) is 4.79. The van der Waals surface area contributed by atoms with E-state index in [2.05, 4.69) is 5.32 Å². The molecular weight excluding hydrogens is 297 g/mol. The van der Waals surface area contributed by atoms with Crippen LogP contribution in [0.4, 0.5) is 4.39 Å². The zero-order valence-electron chi connectivity index (χ0n) is 13.7. The first kappa shape index (κ1) is 17.9. The van der Waals surface area contributed by atoms with Crippen LogP contribution >= 0.6 is 0 Å². The van der Waals surface area contributed by atoms with Crippen molar-refractivity contribution in [1.82, 2.24) is 5.32 Å². The molecule has 4 nitrogen and oxygen atoms in total. The van der Waals surface area contributed by atoms with Crippen LogP contribution in [0, 0.1) is 11.2 Å². The summed E-state index contributed by atoms with van der Waals surface area (Å²) in [5, 5.41) is 12.3. The number of amides is 1. The zero-order valence-corrected chi connectivity index (χ0v) is 13.7. The Morgan fingerprint density at radius 3 is 2.61 bits per heavy atom. The molecule has 1 fully saturated rings. The maximum atomic E-state index is 12.9. The maximum absolute atomic E-state index is 12.9. The van der Waals surface area contributed by atoms with Gasteiger partial charge in [-0.2, -0.15) is 0 Å². The van der Waals surface area contributed by atoms with Gasteiger partial charge in [-0.25, -0.2) is 4.39 Å². The summed E-state index contributed by atoms with van der Waals surface area (Å²) in [6, 6.07) is 6.28. The lowest BCUT2D eigenvalue weighted by atomic mass is 9.77. The molecule has 1 amide bonds. The van der Waals surface area contributed by atoms with E-state index in [4.69, 9.17) is 4.74 Å². The predicted octanol–water partition coefficient (Wildman–Crippen LogP) is 2.61. The lowest BCUT2D eigenvalue weighted by Crippen LogP contribution is -2.42. The molecular formula is C18H26FNO3. The zero-order chi connectivity index (χ0) is 16.7. The fraction of sp³-hybridized carbons (Fsp3) is 0.611. The maximum Gasteiger partial charge on any atom is 0.220 e. The highest BCUT2D eigenvalue weighted by molar-refractivity contribution is 5.76. The molecule has 1 saturated heterocycles. The summed E-state index contributed by atoms with van der Waals surface area (Å²) in [6.07, 6.45) is 2.78. The molecule has 0 aromatic heterocycles. The van der Waals surface area contributed by atoms with Crippen LogP contribution in [0.1, 0.15) is 44.1 Å². The molecule has 1 aromatic rings. The topological polar surface area (TPSA) is 58.6 Å². The van der Waals surface area contributed by atoms with E-state index < -0.39 is 0 Å². The van der Waals surface area contributed by atoms with Gasteiger partial charge in [0.05, 0.1) is 0 Å². The Hall–Kier alpha value is -1.46. The van der Waals surface area contributed by atoms with E-state index in [1.165, 1.54) is 12.1 Å². The number of ether oxygens (including phenoxy) is 1. The largest absolute Gasteiger partial charge is 0.396 e. The Morgan fingerprint density at radius 2 is 2.00 bits per heavy atom. The van der Waals surface area contributed by atoms with Crippen LogP contribution in [0.25, 0.3) is 0 Å². The molecule has 1 atom stereocenters. The van der Waals surface area contributed by atoms with Crippen molar-refractivity contribution in [3.8, 4) is 0 Å². The average Bonchev–Trinajstić information content (AvgIpc) is 2.55. The van der Waals surface area contributed by atoms with Gasteiger partial charge >= 0.3 is 0 Å². The van der Waals surface area contributed by atoms with Crippen molar-refractivity contribution in [2.24, 2.45) is 5.41 Å². The van der Waals surface area contributed by atoms with Gasteiger partial charge in [0.25, 0.3) is 0 Å². The highest BCUT2D eigenvalue weighted by atomic mass is 19.1. The molecule has 1 heterocycles. The van der Waals surface area contributed by atoms with Crippen molar-refractivity contribution in [3.05, 3.63) is 35.6 Å². The summed E-state index contributed by atoms with van der Waals surface area (Å²) in [5.74, 6) is -0.236. The SMILES string of the molecule is C[C@H](CC(=O)NCC1(CCO)CCOCC1)c1ccc(F)cc1. The first-order chi connectivity index (χ1) is 11.0. The quantitative estimate of drug-likeness (QED) is 0.811. The molecule has 5 heteroatoms. The number of hydrogen-bond acceptors (Lipinski definition) is 3. The first-order valence-corrected chi connectivity index (χ1v) is 8.25. The predicted molar refractivity (Wildman–Crippen MR) is 86.6 cm³/mol. The summed E-state index contributed by atoms with van der Waals surface area (Å²) in [7, 11) is 0. The number of benzene rings is 1. The normalized spacial score (nSPS) is 18.4. The van der Waals surface area contributed by atoms with E-state index >= 15 is 0 Å². The lowest BCUT2D eigenvalue weighted by molar-refractivity contribution is -0.122. The fourth-order valence-electron chi connectivity index (χ4n) is 3.10. The van der Waals surface area contributed by atoms with E-state index in [-0.39, 0.29) is 29.7 Å². The van der Waals surface area contributed by atoms with E-state index in [1.807, 2.05) is 6.92 Å². The molecule has 1 aliphatic rings. The number of carbonyl (C=O) groups excluding carboxylic acids is 1. The van der Waals surface area contributed by atoms with Gasteiger partial charge in [0.15, 0.2) is 0 Å². The third-order valence-electron chi connectivity index (χ3n) is 4.79. The summed E-state index contributed by atoms with van der Waals surface area (Å²) >= 11 is 0. The molecule has 0 radical (unpaired) electrons. The molecule has 0 aliphatic carbocycles. The molecule has 1 aromatic carbocycles. The van der Waals surface area contributed by atoms with Crippen LogP contribution in [-0.2, 0) is 9.53 Å².